The second-order valence-electron chi connectivity index (χ2n) is 4.56. The van der Waals surface area contributed by atoms with Gasteiger partial charge in [-0.25, -0.2) is 0 Å². The van der Waals surface area contributed by atoms with Crippen LogP contribution in [0.4, 0.5) is 0 Å². The normalized spacial score (nSPS) is 24.8. The van der Waals surface area contributed by atoms with E-state index in [0.29, 0.717) is 6.42 Å². The van der Waals surface area contributed by atoms with E-state index < -0.39 is 5.97 Å². The molecule has 0 radical (unpaired) electrons. The first-order valence-corrected chi connectivity index (χ1v) is 5.63. The molecule has 0 spiro atoms. The highest BCUT2D eigenvalue weighted by Gasteiger charge is 2.47. The Morgan fingerprint density at radius 2 is 2.24 bits per heavy atom. The summed E-state index contributed by atoms with van der Waals surface area (Å²) >= 11 is 0. The molecule has 0 saturated heterocycles. The standard InChI is InChI=1S/C13H13NO3/c14-12(8-5-9(8)13(15)16)10-6-17-11-4-2-1-3-7(10)11/h1-4,6,8-9,12H,5,14H2,(H,15,16). The van der Waals surface area contributed by atoms with Crippen molar-refractivity contribution >= 4 is 16.9 Å². The second-order valence-corrected chi connectivity index (χ2v) is 4.56. The van der Waals surface area contributed by atoms with Gasteiger partial charge in [0.25, 0.3) is 0 Å². The fraction of sp³-hybridized carbons (Fsp3) is 0.308. The highest BCUT2D eigenvalue weighted by atomic mass is 16.4. The number of rotatable bonds is 3. The fourth-order valence-corrected chi connectivity index (χ4v) is 2.38. The van der Waals surface area contributed by atoms with Gasteiger partial charge in [-0.2, -0.15) is 0 Å². The van der Waals surface area contributed by atoms with E-state index in [0.717, 1.165) is 16.5 Å². The first kappa shape index (κ1) is 10.4. The van der Waals surface area contributed by atoms with E-state index in [9.17, 15) is 4.79 Å². The van der Waals surface area contributed by atoms with Crippen LogP contribution in [0.5, 0.6) is 0 Å². The van der Waals surface area contributed by atoms with Gasteiger partial charge < -0.3 is 15.3 Å². The first-order valence-electron chi connectivity index (χ1n) is 5.63. The number of carbonyl (C=O) groups is 1. The van der Waals surface area contributed by atoms with Crippen LogP contribution in [-0.2, 0) is 4.79 Å². The van der Waals surface area contributed by atoms with Crippen molar-refractivity contribution in [2.45, 2.75) is 12.5 Å². The molecule has 3 atom stereocenters. The molecular weight excluding hydrogens is 218 g/mol. The highest BCUT2D eigenvalue weighted by Crippen LogP contribution is 2.47. The Morgan fingerprint density at radius 3 is 2.94 bits per heavy atom. The molecule has 0 aliphatic heterocycles. The summed E-state index contributed by atoms with van der Waals surface area (Å²) in [6.45, 7) is 0. The zero-order chi connectivity index (χ0) is 12.0. The van der Waals surface area contributed by atoms with E-state index in [2.05, 4.69) is 0 Å². The molecule has 1 aliphatic carbocycles. The number of hydrogen-bond donors (Lipinski definition) is 2. The molecule has 4 heteroatoms. The summed E-state index contributed by atoms with van der Waals surface area (Å²) in [6.07, 6.45) is 2.31. The van der Waals surface area contributed by atoms with Crippen molar-refractivity contribution in [1.29, 1.82) is 0 Å². The molecular formula is C13H13NO3. The van der Waals surface area contributed by atoms with Crippen molar-refractivity contribution in [3.63, 3.8) is 0 Å². The molecule has 3 N–H and O–H groups in total. The maximum Gasteiger partial charge on any atom is 0.306 e. The minimum atomic E-state index is -0.752. The van der Waals surface area contributed by atoms with Crippen LogP contribution in [0.1, 0.15) is 18.0 Å². The molecule has 3 rings (SSSR count). The van der Waals surface area contributed by atoms with Gasteiger partial charge in [-0.05, 0) is 18.4 Å². The van der Waals surface area contributed by atoms with Crippen LogP contribution < -0.4 is 5.73 Å². The minimum Gasteiger partial charge on any atom is -0.481 e. The molecule has 0 amide bonds. The van der Waals surface area contributed by atoms with E-state index in [1.54, 1.807) is 6.26 Å². The Labute approximate surface area is 98.0 Å². The average molecular weight is 231 g/mol. The van der Waals surface area contributed by atoms with Gasteiger partial charge in [0, 0.05) is 17.0 Å². The van der Waals surface area contributed by atoms with Crippen molar-refractivity contribution in [3.05, 3.63) is 36.1 Å². The van der Waals surface area contributed by atoms with Crippen LogP contribution in [0.15, 0.2) is 34.9 Å². The molecule has 1 aromatic carbocycles. The van der Waals surface area contributed by atoms with Crippen LogP contribution in [-0.4, -0.2) is 11.1 Å². The van der Waals surface area contributed by atoms with Gasteiger partial charge in [-0.3, -0.25) is 4.79 Å². The third-order valence-corrected chi connectivity index (χ3v) is 3.49. The van der Waals surface area contributed by atoms with Gasteiger partial charge in [-0.15, -0.1) is 0 Å². The van der Waals surface area contributed by atoms with E-state index >= 15 is 0 Å². The van der Waals surface area contributed by atoms with Crippen LogP contribution >= 0.6 is 0 Å². The first-order chi connectivity index (χ1) is 8.18. The van der Waals surface area contributed by atoms with Crippen molar-refractivity contribution < 1.29 is 14.3 Å². The Balaban J connectivity index is 1.92. The average Bonchev–Trinajstić information content (AvgIpc) is 3.02. The number of furan rings is 1. The SMILES string of the molecule is NC(c1coc2ccccc12)C1CC1C(=O)O. The Morgan fingerprint density at radius 1 is 1.47 bits per heavy atom. The number of hydrogen-bond acceptors (Lipinski definition) is 3. The molecule has 1 aromatic heterocycles. The third kappa shape index (κ3) is 1.61. The van der Waals surface area contributed by atoms with E-state index in [4.69, 9.17) is 15.3 Å². The van der Waals surface area contributed by atoms with Gasteiger partial charge in [-0.1, -0.05) is 18.2 Å². The molecule has 1 aliphatic rings. The van der Waals surface area contributed by atoms with Crippen LogP contribution in [0.3, 0.4) is 0 Å². The predicted molar refractivity (Wildman–Crippen MR) is 62.4 cm³/mol. The van der Waals surface area contributed by atoms with Gasteiger partial charge in [0.1, 0.15) is 5.58 Å². The largest absolute Gasteiger partial charge is 0.481 e. The molecule has 3 unspecified atom stereocenters. The zero-order valence-corrected chi connectivity index (χ0v) is 9.17. The number of fused-ring (bicyclic) bond motifs is 1. The smallest absolute Gasteiger partial charge is 0.306 e. The number of carboxylic acid groups (broad SMARTS) is 1. The van der Waals surface area contributed by atoms with E-state index in [1.807, 2.05) is 24.3 Å². The maximum atomic E-state index is 10.8. The Kier molecular flexibility index (Phi) is 2.19. The van der Waals surface area contributed by atoms with Gasteiger partial charge in [0.2, 0.25) is 0 Å². The molecule has 1 heterocycles. The molecule has 1 fully saturated rings. The van der Waals surface area contributed by atoms with E-state index in [-0.39, 0.29) is 17.9 Å². The molecule has 1 saturated carbocycles. The summed E-state index contributed by atoms with van der Waals surface area (Å²) < 4.78 is 5.42. The maximum absolute atomic E-state index is 10.8. The van der Waals surface area contributed by atoms with Crippen LogP contribution in [0.2, 0.25) is 0 Å². The summed E-state index contributed by atoms with van der Waals surface area (Å²) in [5.74, 6) is -1.01. The summed E-state index contributed by atoms with van der Waals surface area (Å²) in [5, 5.41) is 9.89. The van der Waals surface area contributed by atoms with E-state index in [1.165, 1.54) is 0 Å². The molecule has 4 nitrogen and oxygen atoms in total. The molecule has 88 valence electrons. The van der Waals surface area contributed by atoms with Gasteiger partial charge in [0.05, 0.1) is 12.2 Å². The lowest BCUT2D eigenvalue weighted by Crippen LogP contribution is -2.15. The van der Waals surface area contributed by atoms with Crippen molar-refractivity contribution in [2.24, 2.45) is 17.6 Å². The molecule has 17 heavy (non-hydrogen) atoms. The number of para-hydroxylation sites is 1. The van der Waals surface area contributed by atoms with Crippen LogP contribution in [0, 0.1) is 11.8 Å². The molecule has 2 aromatic rings. The fourth-order valence-electron chi connectivity index (χ4n) is 2.38. The summed E-state index contributed by atoms with van der Waals surface area (Å²) in [4.78, 5) is 10.8. The lowest BCUT2D eigenvalue weighted by Gasteiger charge is -2.08. The number of carboxylic acids is 1. The van der Waals surface area contributed by atoms with Crippen molar-refractivity contribution in [2.75, 3.05) is 0 Å². The monoisotopic (exact) mass is 231 g/mol. The summed E-state index contributed by atoms with van der Waals surface area (Å²) in [7, 11) is 0. The van der Waals surface area contributed by atoms with Gasteiger partial charge >= 0.3 is 5.97 Å². The zero-order valence-electron chi connectivity index (χ0n) is 9.17. The Hall–Kier alpha value is -1.81. The predicted octanol–water partition coefficient (Wildman–Crippen LogP) is 2.15. The highest BCUT2D eigenvalue weighted by molar-refractivity contribution is 5.82. The number of benzene rings is 1. The topological polar surface area (TPSA) is 76.5 Å². The molecule has 0 bridgehead atoms. The lowest BCUT2D eigenvalue weighted by molar-refractivity contribution is -0.138. The quantitative estimate of drug-likeness (QED) is 0.848. The number of nitrogens with two attached hydrogens (primary N) is 1. The second kappa shape index (κ2) is 3.60. The minimum absolute atomic E-state index is 0.0357. The van der Waals surface area contributed by atoms with Gasteiger partial charge in [0.15, 0.2) is 0 Å². The summed E-state index contributed by atoms with van der Waals surface area (Å²) in [5.41, 5.74) is 7.82. The number of aliphatic carboxylic acids is 1. The van der Waals surface area contributed by atoms with Crippen molar-refractivity contribution in [3.8, 4) is 0 Å². The van der Waals surface area contributed by atoms with Crippen molar-refractivity contribution in [1.82, 2.24) is 0 Å². The lowest BCUT2D eigenvalue weighted by atomic mass is 10.0. The van der Waals surface area contributed by atoms with Crippen LogP contribution in [0.25, 0.3) is 11.0 Å². The third-order valence-electron chi connectivity index (χ3n) is 3.49. The Bertz CT molecular complexity index is 575. The summed E-state index contributed by atoms with van der Waals surface area (Å²) in [6, 6.07) is 7.41.